The van der Waals surface area contributed by atoms with Crippen LogP contribution in [-0.2, 0) is 9.59 Å². The molecule has 0 unspecified atom stereocenters. The number of nitrogens with one attached hydrogen (secondary N) is 2. The number of anilines is 2. The quantitative estimate of drug-likeness (QED) is 0.759. The van der Waals surface area contributed by atoms with Crippen LogP contribution in [0.25, 0.3) is 0 Å². The van der Waals surface area contributed by atoms with E-state index in [-0.39, 0.29) is 17.9 Å². The van der Waals surface area contributed by atoms with Gasteiger partial charge >= 0.3 is 0 Å². The first-order valence-electron chi connectivity index (χ1n) is 9.71. The van der Waals surface area contributed by atoms with Gasteiger partial charge in [-0.25, -0.2) is 0 Å². The lowest BCUT2D eigenvalue weighted by Crippen LogP contribution is -2.43. The molecule has 1 aromatic rings. The highest BCUT2D eigenvalue weighted by Gasteiger charge is 2.24. The molecule has 0 radical (unpaired) electrons. The molecule has 1 aliphatic heterocycles. The van der Waals surface area contributed by atoms with Gasteiger partial charge in [0.2, 0.25) is 11.8 Å². The number of amides is 2. The lowest BCUT2D eigenvalue weighted by atomic mass is 10.1. The van der Waals surface area contributed by atoms with Crippen molar-refractivity contribution in [1.82, 2.24) is 5.32 Å². The van der Waals surface area contributed by atoms with E-state index in [4.69, 9.17) is 11.6 Å². The van der Waals surface area contributed by atoms with E-state index in [0.717, 1.165) is 30.6 Å². The van der Waals surface area contributed by atoms with Gasteiger partial charge in [-0.3, -0.25) is 9.59 Å². The summed E-state index contributed by atoms with van der Waals surface area (Å²) in [4.78, 5) is 26.1. The maximum Gasteiger partial charge on any atom is 0.242 e. The lowest BCUT2D eigenvalue weighted by molar-refractivity contribution is -0.122. The third-order valence-corrected chi connectivity index (χ3v) is 5.59. The Hall–Kier alpha value is -1.75. The Morgan fingerprint density at radius 2 is 1.92 bits per heavy atom. The molecule has 0 spiro atoms. The van der Waals surface area contributed by atoms with Gasteiger partial charge in [0.1, 0.15) is 6.04 Å². The molecule has 0 aromatic heterocycles. The predicted molar refractivity (Wildman–Crippen MR) is 106 cm³/mol. The summed E-state index contributed by atoms with van der Waals surface area (Å²) in [5.41, 5.74) is 1.53. The number of hydrogen-bond acceptors (Lipinski definition) is 3. The summed E-state index contributed by atoms with van der Waals surface area (Å²) in [6.07, 6.45) is 8.51. The Morgan fingerprint density at radius 3 is 2.54 bits per heavy atom. The second-order valence-corrected chi connectivity index (χ2v) is 7.79. The van der Waals surface area contributed by atoms with E-state index >= 15 is 0 Å². The van der Waals surface area contributed by atoms with Crippen LogP contribution in [0.3, 0.4) is 0 Å². The molecule has 5 nitrogen and oxygen atoms in total. The maximum atomic E-state index is 12.5. The van der Waals surface area contributed by atoms with Crippen molar-refractivity contribution in [3.8, 4) is 0 Å². The lowest BCUT2D eigenvalue weighted by Gasteiger charge is -2.22. The molecule has 1 heterocycles. The van der Waals surface area contributed by atoms with Gasteiger partial charge in [0.05, 0.1) is 10.7 Å². The number of hydrogen-bond donors (Lipinski definition) is 2. The molecule has 1 aromatic carbocycles. The summed E-state index contributed by atoms with van der Waals surface area (Å²) >= 11 is 6.38. The highest BCUT2D eigenvalue weighted by atomic mass is 35.5. The number of carbonyl (C=O) groups excluding carboxylic acids is 2. The van der Waals surface area contributed by atoms with Gasteiger partial charge < -0.3 is 15.5 Å². The summed E-state index contributed by atoms with van der Waals surface area (Å²) in [6.45, 7) is 2.57. The number of rotatable bonds is 5. The maximum absolute atomic E-state index is 12.5. The number of halogens is 1. The van der Waals surface area contributed by atoms with Crippen LogP contribution in [0.15, 0.2) is 18.2 Å². The Kier molecular flexibility index (Phi) is 6.41. The van der Waals surface area contributed by atoms with Gasteiger partial charge in [0, 0.05) is 24.7 Å². The smallest absolute Gasteiger partial charge is 0.242 e. The third kappa shape index (κ3) is 4.70. The molecule has 1 atom stereocenters. The summed E-state index contributed by atoms with van der Waals surface area (Å²) in [5.74, 6) is 0.135. The minimum atomic E-state index is -0.339. The van der Waals surface area contributed by atoms with Crippen LogP contribution >= 0.6 is 11.6 Å². The fourth-order valence-electron chi connectivity index (χ4n) is 3.78. The first-order chi connectivity index (χ1) is 12.5. The summed E-state index contributed by atoms with van der Waals surface area (Å²) < 4.78 is 0. The van der Waals surface area contributed by atoms with E-state index in [1.165, 1.54) is 25.7 Å². The van der Waals surface area contributed by atoms with E-state index in [0.29, 0.717) is 24.0 Å². The third-order valence-electron chi connectivity index (χ3n) is 5.29. The molecular weight excluding hydrogens is 350 g/mol. The van der Waals surface area contributed by atoms with Crippen LogP contribution in [0.1, 0.15) is 58.3 Å². The zero-order chi connectivity index (χ0) is 18.5. The molecule has 2 aliphatic rings. The zero-order valence-electron chi connectivity index (χ0n) is 15.4. The monoisotopic (exact) mass is 377 g/mol. The molecule has 2 N–H and O–H groups in total. The molecule has 1 aliphatic carbocycles. The van der Waals surface area contributed by atoms with Crippen LogP contribution in [0, 0.1) is 0 Å². The molecule has 2 fully saturated rings. The van der Waals surface area contributed by atoms with Crippen molar-refractivity contribution in [2.24, 2.45) is 0 Å². The standard InChI is InChI=1S/C20H28ClN3O2/c1-14(20(26)23-15-7-4-2-3-5-8-15)22-16-10-11-18(17(21)13-16)24-12-6-9-19(24)25/h10-11,13-15,22H,2-9,12H2,1H3,(H,23,26)/t14-/m1/s1. The summed E-state index contributed by atoms with van der Waals surface area (Å²) in [6, 6.07) is 5.47. The largest absolute Gasteiger partial charge is 0.374 e. The van der Waals surface area contributed by atoms with Crippen LogP contribution in [0.4, 0.5) is 11.4 Å². The SMILES string of the molecule is C[C@@H](Nc1ccc(N2CCCC2=O)c(Cl)c1)C(=O)NC1CCCCCC1. The highest BCUT2D eigenvalue weighted by Crippen LogP contribution is 2.31. The molecular formula is C20H28ClN3O2. The first-order valence-corrected chi connectivity index (χ1v) is 10.1. The van der Waals surface area contributed by atoms with Gasteiger partial charge in [-0.1, -0.05) is 37.3 Å². The summed E-state index contributed by atoms with van der Waals surface area (Å²) in [7, 11) is 0. The average molecular weight is 378 g/mol. The van der Waals surface area contributed by atoms with Gasteiger partial charge in [0.25, 0.3) is 0 Å². The van der Waals surface area contributed by atoms with E-state index in [2.05, 4.69) is 10.6 Å². The second kappa shape index (κ2) is 8.76. The van der Waals surface area contributed by atoms with Crippen molar-refractivity contribution in [3.05, 3.63) is 23.2 Å². The molecule has 1 saturated carbocycles. The number of carbonyl (C=O) groups is 2. The van der Waals surface area contributed by atoms with Gasteiger partial charge in [0.15, 0.2) is 0 Å². The topological polar surface area (TPSA) is 61.4 Å². The normalized spacial score (nSPS) is 19.9. The first kappa shape index (κ1) is 19.0. The van der Waals surface area contributed by atoms with E-state index in [1.807, 2.05) is 19.1 Å². The predicted octanol–water partition coefficient (Wildman–Crippen LogP) is 4.11. The minimum absolute atomic E-state index is 0.0202. The van der Waals surface area contributed by atoms with Gasteiger partial charge in [-0.05, 0) is 44.4 Å². The van der Waals surface area contributed by atoms with E-state index < -0.39 is 0 Å². The Bertz CT molecular complexity index is 656. The zero-order valence-corrected chi connectivity index (χ0v) is 16.1. The molecule has 1 saturated heterocycles. The van der Waals surface area contributed by atoms with Crippen molar-refractivity contribution in [2.75, 3.05) is 16.8 Å². The van der Waals surface area contributed by atoms with Gasteiger partial charge in [-0.15, -0.1) is 0 Å². The molecule has 0 bridgehead atoms. The summed E-state index contributed by atoms with van der Waals surface area (Å²) in [5, 5.41) is 6.91. The van der Waals surface area contributed by atoms with E-state index in [9.17, 15) is 9.59 Å². The molecule has 142 valence electrons. The minimum Gasteiger partial charge on any atom is -0.374 e. The highest BCUT2D eigenvalue weighted by molar-refractivity contribution is 6.34. The molecule has 26 heavy (non-hydrogen) atoms. The van der Waals surface area contributed by atoms with Gasteiger partial charge in [-0.2, -0.15) is 0 Å². The van der Waals surface area contributed by atoms with Crippen LogP contribution in [0.5, 0.6) is 0 Å². The molecule has 6 heteroatoms. The Labute approximate surface area is 160 Å². The van der Waals surface area contributed by atoms with Crippen LogP contribution in [-0.4, -0.2) is 30.4 Å². The van der Waals surface area contributed by atoms with Crippen molar-refractivity contribution in [3.63, 3.8) is 0 Å². The Balaban J connectivity index is 1.58. The van der Waals surface area contributed by atoms with Crippen molar-refractivity contribution >= 4 is 34.8 Å². The van der Waals surface area contributed by atoms with E-state index in [1.54, 1.807) is 11.0 Å². The van der Waals surface area contributed by atoms with Crippen LogP contribution < -0.4 is 15.5 Å². The molecule has 3 rings (SSSR count). The fraction of sp³-hybridized carbons (Fsp3) is 0.600. The van der Waals surface area contributed by atoms with Crippen LogP contribution in [0.2, 0.25) is 5.02 Å². The Morgan fingerprint density at radius 1 is 1.19 bits per heavy atom. The average Bonchev–Trinajstić information content (AvgIpc) is 2.87. The number of nitrogens with zero attached hydrogens (tertiary/aromatic N) is 1. The van der Waals surface area contributed by atoms with Crippen molar-refractivity contribution < 1.29 is 9.59 Å². The molecule has 2 amide bonds. The second-order valence-electron chi connectivity index (χ2n) is 7.38. The fourth-order valence-corrected chi connectivity index (χ4v) is 4.07. The van der Waals surface area contributed by atoms with Crippen molar-refractivity contribution in [2.45, 2.75) is 70.4 Å². The van der Waals surface area contributed by atoms with Crippen molar-refractivity contribution in [1.29, 1.82) is 0 Å². The number of benzene rings is 1.